The summed E-state index contributed by atoms with van der Waals surface area (Å²) in [6.45, 7) is 4.96. The molecule has 2 unspecified atom stereocenters. The van der Waals surface area contributed by atoms with Gasteiger partial charge in [-0.3, -0.25) is 9.59 Å². The zero-order chi connectivity index (χ0) is 22.5. The second-order valence-electron chi connectivity index (χ2n) is 6.90. The van der Waals surface area contributed by atoms with E-state index in [0.717, 1.165) is 21.0 Å². The third-order valence-corrected chi connectivity index (χ3v) is 4.62. The molecular weight excluding hydrogens is 396 g/mol. The molecule has 0 aromatic carbocycles. The maximum Gasteiger partial charge on any atom is 0.375 e. The third kappa shape index (κ3) is 5.69. The van der Waals surface area contributed by atoms with Crippen LogP contribution in [-0.4, -0.2) is 67.2 Å². The van der Waals surface area contributed by atoms with Crippen molar-refractivity contribution in [1.29, 1.82) is 0 Å². The Morgan fingerprint density at radius 2 is 1.69 bits per heavy atom. The Bertz CT molecular complexity index is 645. The van der Waals surface area contributed by atoms with Gasteiger partial charge in [0.2, 0.25) is 0 Å². The average molecular weight is 423 g/mol. The van der Waals surface area contributed by atoms with Crippen LogP contribution in [0.15, 0.2) is 0 Å². The van der Waals surface area contributed by atoms with E-state index < -0.39 is 66.0 Å². The average Bonchev–Trinajstić information content (AvgIpc) is 2.63. The molecular formula is C18H27F2NO8. The Hall–Kier alpha value is -2.14. The lowest BCUT2D eigenvalue weighted by Gasteiger charge is -2.47. The molecule has 166 valence electrons. The fourth-order valence-corrected chi connectivity index (χ4v) is 3.37. The summed E-state index contributed by atoms with van der Waals surface area (Å²) in [5.74, 6) is -8.42. The molecule has 0 saturated carbocycles. The van der Waals surface area contributed by atoms with E-state index in [-0.39, 0.29) is 12.8 Å². The van der Waals surface area contributed by atoms with Crippen molar-refractivity contribution >= 4 is 23.7 Å². The summed E-state index contributed by atoms with van der Waals surface area (Å²) in [6, 6.07) is -1.67. The maximum absolute atomic E-state index is 15.2. The molecule has 0 aromatic heterocycles. The number of carbonyl (C=O) groups is 4. The summed E-state index contributed by atoms with van der Waals surface area (Å²) in [6.07, 6.45) is -7.04. The van der Waals surface area contributed by atoms with Crippen LogP contribution in [0.3, 0.4) is 0 Å². The molecule has 0 aromatic rings. The molecule has 1 saturated heterocycles. The molecule has 2 N–H and O–H groups in total. The molecule has 0 spiro atoms. The van der Waals surface area contributed by atoms with E-state index in [1.165, 1.54) is 6.92 Å². The van der Waals surface area contributed by atoms with Crippen molar-refractivity contribution < 1.29 is 46.9 Å². The minimum atomic E-state index is -3.60. The molecule has 29 heavy (non-hydrogen) atoms. The maximum atomic E-state index is 15.2. The molecule has 0 bridgehead atoms. The van der Waals surface area contributed by atoms with E-state index in [4.69, 9.17) is 19.9 Å². The largest absolute Gasteiger partial charge is 0.465 e. The third-order valence-electron chi connectivity index (χ3n) is 4.62. The molecule has 9 nitrogen and oxygen atoms in total. The van der Waals surface area contributed by atoms with Crippen molar-refractivity contribution in [3.8, 4) is 0 Å². The van der Waals surface area contributed by atoms with Gasteiger partial charge in [-0.2, -0.15) is 4.39 Å². The SMILES string of the molecule is CC[C@@H](OC(C)=O)[C@@H](OC(C)=O)C1O[C@@](F)(C(=O)OC)C(F)[C@@H](N)[C@H]1CC(C)=O. The first-order valence-electron chi connectivity index (χ1n) is 9.07. The predicted molar refractivity (Wildman–Crippen MR) is 93.8 cm³/mol. The van der Waals surface area contributed by atoms with Crippen LogP contribution in [-0.2, 0) is 38.1 Å². The van der Waals surface area contributed by atoms with Gasteiger partial charge in [0.05, 0.1) is 7.11 Å². The summed E-state index contributed by atoms with van der Waals surface area (Å²) >= 11 is 0. The number of alkyl halides is 2. The highest BCUT2D eigenvalue weighted by molar-refractivity contribution is 5.79. The van der Waals surface area contributed by atoms with Crippen molar-refractivity contribution in [3.63, 3.8) is 0 Å². The van der Waals surface area contributed by atoms with E-state index >= 15 is 4.39 Å². The first-order chi connectivity index (χ1) is 13.4. The van der Waals surface area contributed by atoms with E-state index in [1.807, 2.05) is 0 Å². The minimum absolute atomic E-state index is 0.107. The van der Waals surface area contributed by atoms with Crippen LogP contribution in [0.4, 0.5) is 8.78 Å². The number of nitrogens with two attached hydrogens (primary N) is 1. The van der Waals surface area contributed by atoms with Crippen molar-refractivity contribution in [1.82, 2.24) is 0 Å². The molecule has 1 heterocycles. The number of hydrogen-bond donors (Lipinski definition) is 1. The molecule has 0 radical (unpaired) electrons. The lowest BCUT2D eigenvalue weighted by Crippen LogP contribution is -2.68. The van der Waals surface area contributed by atoms with E-state index in [1.54, 1.807) is 6.92 Å². The highest BCUT2D eigenvalue weighted by Crippen LogP contribution is 2.41. The van der Waals surface area contributed by atoms with Crippen LogP contribution in [0.1, 0.15) is 40.5 Å². The zero-order valence-electron chi connectivity index (χ0n) is 17.0. The van der Waals surface area contributed by atoms with Crippen LogP contribution < -0.4 is 5.73 Å². The van der Waals surface area contributed by atoms with E-state index in [0.29, 0.717) is 0 Å². The van der Waals surface area contributed by atoms with Crippen LogP contribution >= 0.6 is 0 Å². The Morgan fingerprint density at radius 3 is 2.10 bits per heavy atom. The topological polar surface area (TPSA) is 131 Å². The molecule has 11 heteroatoms. The highest BCUT2D eigenvalue weighted by atomic mass is 19.2. The summed E-state index contributed by atoms with van der Waals surface area (Å²) in [7, 11) is 0.833. The van der Waals surface area contributed by atoms with Gasteiger partial charge >= 0.3 is 23.8 Å². The van der Waals surface area contributed by atoms with Crippen LogP contribution in [0.5, 0.6) is 0 Å². The fourth-order valence-electron chi connectivity index (χ4n) is 3.37. The smallest absolute Gasteiger partial charge is 0.375 e. The number of carbonyl (C=O) groups excluding carboxylic acids is 4. The Labute approximate surface area is 167 Å². The monoisotopic (exact) mass is 423 g/mol. The number of hydrogen-bond acceptors (Lipinski definition) is 9. The number of halogens is 2. The van der Waals surface area contributed by atoms with Gasteiger partial charge in [0.15, 0.2) is 12.3 Å². The molecule has 1 fully saturated rings. The number of ketones is 1. The molecule has 7 atom stereocenters. The fraction of sp³-hybridized carbons (Fsp3) is 0.778. The number of esters is 3. The first kappa shape index (κ1) is 24.9. The number of Topliss-reactive ketones (excluding diaryl/α,β-unsaturated/α-hetero) is 1. The molecule has 1 aliphatic rings. The summed E-state index contributed by atoms with van der Waals surface area (Å²) < 4.78 is 49.7. The van der Waals surface area contributed by atoms with Gasteiger partial charge in [-0.15, -0.1) is 0 Å². The van der Waals surface area contributed by atoms with Crippen LogP contribution in [0.25, 0.3) is 0 Å². The molecule has 0 amide bonds. The van der Waals surface area contributed by atoms with Gasteiger partial charge in [-0.25, -0.2) is 9.18 Å². The quantitative estimate of drug-likeness (QED) is 0.444. The van der Waals surface area contributed by atoms with Gasteiger partial charge in [-0.1, -0.05) is 6.92 Å². The summed E-state index contributed by atoms with van der Waals surface area (Å²) in [5.41, 5.74) is 5.84. The lowest BCUT2D eigenvalue weighted by atomic mass is 9.78. The minimum Gasteiger partial charge on any atom is -0.465 e. The van der Waals surface area contributed by atoms with Crippen molar-refractivity contribution in [2.24, 2.45) is 11.7 Å². The Kier molecular flexibility index (Phi) is 8.64. The van der Waals surface area contributed by atoms with Gasteiger partial charge < -0.3 is 29.5 Å². The number of rotatable bonds is 8. The highest BCUT2D eigenvalue weighted by Gasteiger charge is 2.63. The normalized spacial score (nSPS) is 31.3. The van der Waals surface area contributed by atoms with Gasteiger partial charge in [0, 0.05) is 32.2 Å². The standard InChI is InChI=1S/C18H27F2NO8/c1-6-12(27-9(3)23)15(28-10(4)24)14-11(7-8(2)22)13(21)16(19)18(20,29-14)17(25)26-5/h11-16H,6-7,21H2,1-5H3/t11-,12-,13+,14?,15-,16?,18-/m1/s1. The van der Waals surface area contributed by atoms with E-state index in [9.17, 15) is 23.6 Å². The van der Waals surface area contributed by atoms with Gasteiger partial charge in [0.25, 0.3) is 0 Å². The van der Waals surface area contributed by atoms with E-state index in [2.05, 4.69) is 4.74 Å². The van der Waals surface area contributed by atoms with Gasteiger partial charge in [0.1, 0.15) is 18.0 Å². The molecule has 1 rings (SSSR count). The predicted octanol–water partition coefficient (Wildman–Crippen LogP) is 0.758. The summed E-state index contributed by atoms with van der Waals surface area (Å²) in [5, 5.41) is 0. The van der Waals surface area contributed by atoms with Crippen molar-refractivity contribution in [2.75, 3.05) is 7.11 Å². The second-order valence-corrected chi connectivity index (χ2v) is 6.90. The molecule has 1 aliphatic heterocycles. The second kappa shape index (κ2) is 10.1. The van der Waals surface area contributed by atoms with Crippen molar-refractivity contribution in [3.05, 3.63) is 0 Å². The summed E-state index contributed by atoms with van der Waals surface area (Å²) in [4.78, 5) is 46.7. The Morgan fingerprint density at radius 1 is 1.14 bits per heavy atom. The zero-order valence-corrected chi connectivity index (χ0v) is 17.0. The Balaban J connectivity index is 3.50. The van der Waals surface area contributed by atoms with Crippen LogP contribution in [0.2, 0.25) is 0 Å². The van der Waals surface area contributed by atoms with Crippen LogP contribution in [0, 0.1) is 5.92 Å². The lowest BCUT2D eigenvalue weighted by molar-refractivity contribution is -0.287. The first-order valence-corrected chi connectivity index (χ1v) is 9.07. The number of ether oxygens (including phenoxy) is 4. The van der Waals surface area contributed by atoms with Crippen molar-refractivity contribution in [2.45, 2.75) is 76.9 Å². The number of methoxy groups -OCH3 is 1. The van der Waals surface area contributed by atoms with Gasteiger partial charge in [-0.05, 0) is 13.3 Å². The molecule has 0 aliphatic carbocycles.